The third-order valence-corrected chi connectivity index (χ3v) is 2.19. The molecule has 0 aliphatic heterocycles. The van der Waals surface area contributed by atoms with E-state index in [1.807, 2.05) is 0 Å². The highest BCUT2D eigenvalue weighted by atomic mass is 16.6. The number of benzene rings is 1. The van der Waals surface area contributed by atoms with Crippen LogP contribution in [0.5, 0.6) is 5.75 Å². The third-order valence-electron chi connectivity index (χ3n) is 2.19. The average Bonchev–Trinajstić information content (AvgIpc) is 2.28. The van der Waals surface area contributed by atoms with Crippen LogP contribution in [0.1, 0.15) is 5.56 Å². The van der Waals surface area contributed by atoms with Gasteiger partial charge in [-0.1, -0.05) is 0 Å². The third kappa shape index (κ3) is 2.83. The van der Waals surface area contributed by atoms with Gasteiger partial charge >= 0.3 is 5.97 Å². The van der Waals surface area contributed by atoms with E-state index in [1.165, 1.54) is 26.4 Å². The molecule has 0 amide bonds. The first-order chi connectivity index (χ1) is 7.99. The summed E-state index contributed by atoms with van der Waals surface area (Å²) in [5, 5.41) is 10.8. The van der Waals surface area contributed by atoms with Gasteiger partial charge in [-0.2, -0.15) is 0 Å². The summed E-state index contributed by atoms with van der Waals surface area (Å²) in [6.07, 6.45) is -0.207. The molecule has 92 valence electrons. The van der Waals surface area contributed by atoms with Crippen molar-refractivity contribution in [1.82, 2.24) is 0 Å². The van der Waals surface area contributed by atoms with Crippen molar-refractivity contribution in [3.8, 4) is 5.75 Å². The van der Waals surface area contributed by atoms with Crippen molar-refractivity contribution in [2.75, 3.05) is 20.0 Å². The van der Waals surface area contributed by atoms with E-state index in [1.54, 1.807) is 0 Å². The molecule has 0 saturated carbocycles. The Kier molecular flexibility index (Phi) is 3.86. The molecule has 2 N–H and O–H groups in total. The van der Waals surface area contributed by atoms with E-state index in [4.69, 9.17) is 10.5 Å². The standard InChI is InChI=1S/C10H12N2O5/c1-16-9-5-8(12(14)15)6(3-7(9)11)4-10(13)17-2/h3,5H,4,11H2,1-2H3. The number of nitrogens with zero attached hydrogens (tertiary/aromatic N) is 1. The summed E-state index contributed by atoms with van der Waals surface area (Å²) in [7, 11) is 2.57. The van der Waals surface area contributed by atoms with Gasteiger partial charge in [0.2, 0.25) is 0 Å². The van der Waals surface area contributed by atoms with Crippen LogP contribution in [0.3, 0.4) is 0 Å². The second kappa shape index (κ2) is 5.15. The van der Waals surface area contributed by atoms with Gasteiger partial charge in [0.05, 0.1) is 37.3 Å². The van der Waals surface area contributed by atoms with E-state index in [9.17, 15) is 14.9 Å². The Balaban J connectivity index is 3.23. The van der Waals surface area contributed by atoms with E-state index < -0.39 is 10.9 Å². The number of nitrogen functional groups attached to an aromatic ring is 1. The van der Waals surface area contributed by atoms with Crippen LogP contribution in [0.25, 0.3) is 0 Å². The van der Waals surface area contributed by atoms with Gasteiger partial charge in [-0.3, -0.25) is 14.9 Å². The molecule has 0 heterocycles. The molecule has 0 spiro atoms. The summed E-state index contributed by atoms with van der Waals surface area (Å²) in [6.45, 7) is 0. The normalized spacial score (nSPS) is 9.76. The first-order valence-electron chi connectivity index (χ1n) is 4.67. The number of anilines is 1. The van der Waals surface area contributed by atoms with Gasteiger partial charge in [-0.25, -0.2) is 0 Å². The number of methoxy groups -OCH3 is 2. The number of rotatable bonds is 4. The van der Waals surface area contributed by atoms with E-state index >= 15 is 0 Å². The maximum atomic E-state index is 11.1. The second-order valence-electron chi connectivity index (χ2n) is 3.23. The molecule has 1 rings (SSSR count). The summed E-state index contributed by atoms with van der Waals surface area (Å²) in [5.41, 5.74) is 5.83. The van der Waals surface area contributed by atoms with Crippen molar-refractivity contribution in [2.45, 2.75) is 6.42 Å². The molecule has 0 aliphatic carbocycles. The minimum atomic E-state index is -0.597. The summed E-state index contributed by atoms with van der Waals surface area (Å²) >= 11 is 0. The van der Waals surface area contributed by atoms with Crippen LogP contribution < -0.4 is 10.5 Å². The Labute approximate surface area is 97.3 Å². The van der Waals surface area contributed by atoms with Crippen LogP contribution in [-0.2, 0) is 16.0 Å². The second-order valence-corrected chi connectivity index (χ2v) is 3.23. The summed E-state index contributed by atoms with van der Waals surface area (Å²) in [6, 6.07) is 2.53. The lowest BCUT2D eigenvalue weighted by Crippen LogP contribution is -2.08. The lowest BCUT2D eigenvalue weighted by atomic mass is 10.1. The molecule has 0 atom stereocenters. The largest absolute Gasteiger partial charge is 0.494 e. The smallest absolute Gasteiger partial charge is 0.310 e. The lowest BCUT2D eigenvalue weighted by molar-refractivity contribution is -0.385. The zero-order chi connectivity index (χ0) is 13.0. The molecule has 0 aliphatic rings. The highest BCUT2D eigenvalue weighted by molar-refractivity contribution is 5.76. The summed E-state index contributed by atoms with van der Waals surface area (Å²) in [5.74, 6) is -0.372. The Bertz CT molecular complexity index is 458. The highest BCUT2D eigenvalue weighted by Crippen LogP contribution is 2.31. The SMILES string of the molecule is COC(=O)Cc1cc(N)c(OC)cc1[N+](=O)[O-]. The van der Waals surface area contributed by atoms with E-state index in [0.717, 1.165) is 0 Å². The zero-order valence-electron chi connectivity index (χ0n) is 9.43. The number of nitrogens with two attached hydrogens (primary N) is 1. The maximum absolute atomic E-state index is 11.1. The number of carbonyl (C=O) groups excluding carboxylic acids is 1. The molecule has 7 heteroatoms. The molecular formula is C10H12N2O5. The molecule has 0 bridgehead atoms. The minimum absolute atomic E-state index is 0.195. The van der Waals surface area contributed by atoms with Crippen molar-refractivity contribution < 1.29 is 19.2 Å². The Hall–Kier alpha value is -2.31. The fraction of sp³-hybridized carbons (Fsp3) is 0.300. The maximum Gasteiger partial charge on any atom is 0.310 e. The number of hydrogen-bond acceptors (Lipinski definition) is 6. The van der Waals surface area contributed by atoms with Gasteiger partial charge in [0.25, 0.3) is 5.69 Å². The molecule has 0 radical (unpaired) electrons. The Morgan fingerprint density at radius 2 is 2.12 bits per heavy atom. The lowest BCUT2D eigenvalue weighted by Gasteiger charge is -2.07. The fourth-order valence-electron chi connectivity index (χ4n) is 1.35. The molecule has 7 nitrogen and oxygen atoms in total. The van der Waals surface area contributed by atoms with Gasteiger partial charge in [0, 0.05) is 5.56 Å². The average molecular weight is 240 g/mol. The number of ether oxygens (including phenoxy) is 2. The van der Waals surface area contributed by atoms with Crippen molar-refractivity contribution in [3.63, 3.8) is 0 Å². The molecule has 0 saturated heterocycles. The van der Waals surface area contributed by atoms with E-state index in [0.29, 0.717) is 0 Å². The number of esters is 1. The summed E-state index contributed by atoms with van der Waals surface area (Å²) < 4.78 is 9.33. The number of nitro benzene ring substituents is 1. The first kappa shape index (κ1) is 12.8. The Morgan fingerprint density at radius 1 is 1.47 bits per heavy atom. The van der Waals surface area contributed by atoms with Crippen molar-refractivity contribution in [1.29, 1.82) is 0 Å². The number of hydrogen-bond donors (Lipinski definition) is 1. The van der Waals surface area contributed by atoms with Gasteiger partial charge in [-0.05, 0) is 6.07 Å². The van der Waals surface area contributed by atoms with Gasteiger partial charge in [0.1, 0.15) is 5.75 Å². The molecule has 17 heavy (non-hydrogen) atoms. The predicted molar refractivity (Wildman–Crippen MR) is 59.8 cm³/mol. The van der Waals surface area contributed by atoms with Crippen LogP contribution in [-0.4, -0.2) is 25.1 Å². The van der Waals surface area contributed by atoms with Crippen LogP contribution >= 0.6 is 0 Å². The topological polar surface area (TPSA) is 105 Å². The zero-order valence-corrected chi connectivity index (χ0v) is 9.43. The molecule has 1 aromatic rings. The van der Waals surface area contributed by atoms with Crippen LogP contribution in [0.4, 0.5) is 11.4 Å². The highest BCUT2D eigenvalue weighted by Gasteiger charge is 2.20. The quantitative estimate of drug-likeness (QED) is 0.363. The molecule has 0 aromatic heterocycles. The minimum Gasteiger partial charge on any atom is -0.494 e. The van der Waals surface area contributed by atoms with Crippen molar-refractivity contribution >= 4 is 17.3 Å². The van der Waals surface area contributed by atoms with Gasteiger partial charge in [-0.15, -0.1) is 0 Å². The molecule has 0 fully saturated rings. The Morgan fingerprint density at radius 3 is 2.59 bits per heavy atom. The molecular weight excluding hydrogens is 228 g/mol. The monoisotopic (exact) mass is 240 g/mol. The molecule has 0 unspecified atom stereocenters. The van der Waals surface area contributed by atoms with Crippen LogP contribution in [0.2, 0.25) is 0 Å². The van der Waals surface area contributed by atoms with Gasteiger partial charge in [0.15, 0.2) is 0 Å². The summed E-state index contributed by atoms with van der Waals surface area (Å²) in [4.78, 5) is 21.3. The van der Waals surface area contributed by atoms with Crippen molar-refractivity contribution in [3.05, 3.63) is 27.8 Å². The predicted octanol–water partition coefficient (Wildman–Crippen LogP) is 0.901. The van der Waals surface area contributed by atoms with Crippen LogP contribution in [0.15, 0.2) is 12.1 Å². The molecule has 1 aromatic carbocycles. The van der Waals surface area contributed by atoms with E-state index in [-0.39, 0.29) is 29.1 Å². The fourth-order valence-corrected chi connectivity index (χ4v) is 1.35. The van der Waals surface area contributed by atoms with E-state index in [2.05, 4.69) is 4.74 Å². The number of carbonyl (C=O) groups is 1. The van der Waals surface area contributed by atoms with Crippen molar-refractivity contribution in [2.24, 2.45) is 0 Å². The number of nitro groups is 1. The van der Waals surface area contributed by atoms with Gasteiger partial charge < -0.3 is 15.2 Å². The van der Waals surface area contributed by atoms with Crippen LogP contribution in [0, 0.1) is 10.1 Å². The first-order valence-corrected chi connectivity index (χ1v) is 4.67.